The molecule has 0 saturated carbocycles. The number of esters is 1. The number of sulfone groups is 1. The van der Waals surface area contributed by atoms with E-state index in [0.717, 1.165) is 19.1 Å². The predicted molar refractivity (Wildman–Crippen MR) is 106 cm³/mol. The molecule has 0 atom stereocenters. The van der Waals surface area contributed by atoms with E-state index in [1.54, 1.807) is 24.3 Å². The Morgan fingerprint density at radius 3 is 2.19 bits per heavy atom. The molecule has 0 amide bonds. The summed E-state index contributed by atoms with van der Waals surface area (Å²) in [5.74, 6) is -1.76. The number of hydrogen-bond acceptors (Lipinski definition) is 6. The Labute approximate surface area is 181 Å². The van der Waals surface area contributed by atoms with Gasteiger partial charge < -0.3 is 9.47 Å². The van der Waals surface area contributed by atoms with Crippen molar-refractivity contribution in [3.8, 4) is 23.3 Å². The van der Waals surface area contributed by atoms with Crippen LogP contribution in [0.5, 0.6) is 17.2 Å². The summed E-state index contributed by atoms with van der Waals surface area (Å²) < 4.78 is 75.3. The van der Waals surface area contributed by atoms with Crippen LogP contribution in [0.1, 0.15) is 18.1 Å². The third-order valence-corrected chi connectivity index (χ3v) is 5.90. The van der Waals surface area contributed by atoms with Gasteiger partial charge in [0.05, 0.1) is 20.9 Å². The summed E-state index contributed by atoms with van der Waals surface area (Å²) in [6.07, 6.45) is -4.75. The molecule has 164 valence electrons. The van der Waals surface area contributed by atoms with Crippen LogP contribution in [0.15, 0.2) is 76.5 Å². The van der Waals surface area contributed by atoms with E-state index in [1.807, 2.05) is 0 Å². The molecule has 0 N–H and O–H groups in total. The normalized spacial score (nSPS) is 11.5. The SMILES string of the molecule is CC(=O)Oc1cc(Oc2ccc(S(=O)(=O)c3ccccc3)cc2C#N)cc(C(F)(F)F)c1. The molecule has 3 aromatic rings. The summed E-state index contributed by atoms with van der Waals surface area (Å²) in [6.45, 7) is 1.03. The maximum Gasteiger partial charge on any atom is 0.416 e. The molecule has 0 spiro atoms. The molecule has 3 rings (SSSR count). The van der Waals surface area contributed by atoms with E-state index < -0.39 is 33.3 Å². The van der Waals surface area contributed by atoms with Gasteiger partial charge >= 0.3 is 12.1 Å². The minimum Gasteiger partial charge on any atom is -0.456 e. The van der Waals surface area contributed by atoms with Gasteiger partial charge in [-0.15, -0.1) is 0 Å². The number of halogens is 3. The fourth-order valence-corrected chi connectivity index (χ4v) is 4.04. The molecular formula is C22H14F3NO5S. The molecule has 0 aliphatic carbocycles. The predicted octanol–water partition coefficient (Wildman–Crippen LogP) is 5.13. The highest BCUT2D eigenvalue weighted by molar-refractivity contribution is 7.91. The number of carbonyl (C=O) groups excluding carboxylic acids is 1. The van der Waals surface area contributed by atoms with E-state index >= 15 is 0 Å². The van der Waals surface area contributed by atoms with E-state index in [4.69, 9.17) is 9.47 Å². The van der Waals surface area contributed by atoms with Gasteiger partial charge in [-0.1, -0.05) is 18.2 Å². The minimum atomic E-state index is -4.75. The van der Waals surface area contributed by atoms with Crippen LogP contribution >= 0.6 is 0 Å². The monoisotopic (exact) mass is 461 g/mol. The van der Waals surface area contributed by atoms with E-state index in [0.29, 0.717) is 12.1 Å². The molecule has 0 radical (unpaired) electrons. The molecule has 0 aliphatic rings. The third-order valence-electron chi connectivity index (χ3n) is 4.13. The van der Waals surface area contributed by atoms with Crippen LogP contribution in [-0.2, 0) is 20.8 Å². The molecule has 0 fully saturated rings. The van der Waals surface area contributed by atoms with Gasteiger partial charge in [0.25, 0.3) is 0 Å². The topological polar surface area (TPSA) is 93.5 Å². The maximum atomic E-state index is 13.2. The Bertz CT molecular complexity index is 1310. The Balaban J connectivity index is 2.01. The van der Waals surface area contributed by atoms with E-state index in [1.165, 1.54) is 24.3 Å². The number of alkyl halides is 3. The Kier molecular flexibility index (Phi) is 6.23. The van der Waals surface area contributed by atoms with Crippen molar-refractivity contribution in [2.24, 2.45) is 0 Å². The maximum absolute atomic E-state index is 13.2. The largest absolute Gasteiger partial charge is 0.456 e. The third kappa shape index (κ3) is 5.07. The van der Waals surface area contributed by atoms with Gasteiger partial charge in [-0.2, -0.15) is 18.4 Å². The van der Waals surface area contributed by atoms with Crippen LogP contribution in [0.3, 0.4) is 0 Å². The average Bonchev–Trinajstić information content (AvgIpc) is 2.73. The summed E-state index contributed by atoms with van der Waals surface area (Å²) in [5, 5.41) is 9.44. The number of ether oxygens (including phenoxy) is 2. The lowest BCUT2D eigenvalue weighted by atomic mass is 10.2. The molecule has 6 nitrogen and oxygen atoms in total. The molecular weight excluding hydrogens is 447 g/mol. The molecule has 10 heteroatoms. The molecule has 0 bridgehead atoms. The lowest BCUT2D eigenvalue weighted by Crippen LogP contribution is -2.08. The highest BCUT2D eigenvalue weighted by Gasteiger charge is 2.32. The zero-order valence-electron chi connectivity index (χ0n) is 16.4. The number of carbonyl (C=O) groups is 1. The second-order valence-electron chi connectivity index (χ2n) is 6.47. The summed E-state index contributed by atoms with van der Waals surface area (Å²) in [6, 6.07) is 15.1. The van der Waals surface area contributed by atoms with Gasteiger partial charge in [-0.3, -0.25) is 4.79 Å². The molecule has 0 heterocycles. The minimum absolute atomic E-state index is 0.0152. The van der Waals surface area contributed by atoms with Crippen LogP contribution in [-0.4, -0.2) is 14.4 Å². The first kappa shape index (κ1) is 22.8. The number of nitrogens with zero attached hydrogens (tertiary/aromatic N) is 1. The van der Waals surface area contributed by atoms with Gasteiger partial charge in [0, 0.05) is 13.0 Å². The number of hydrogen-bond donors (Lipinski definition) is 0. The smallest absolute Gasteiger partial charge is 0.416 e. The van der Waals surface area contributed by atoms with Gasteiger partial charge in [0.1, 0.15) is 23.3 Å². The molecule has 0 saturated heterocycles. The zero-order chi connectivity index (χ0) is 23.5. The first-order valence-electron chi connectivity index (χ1n) is 8.93. The van der Waals surface area contributed by atoms with Crippen molar-refractivity contribution in [1.29, 1.82) is 5.26 Å². The van der Waals surface area contributed by atoms with Crippen molar-refractivity contribution in [2.45, 2.75) is 22.9 Å². The van der Waals surface area contributed by atoms with Crippen molar-refractivity contribution in [2.75, 3.05) is 0 Å². The molecule has 0 aliphatic heterocycles. The van der Waals surface area contributed by atoms with Crippen molar-refractivity contribution >= 4 is 15.8 Å². The van der Waals surface area contributed by atoms with Crippen LogP contribution < -0.4 is 9.47 Å². The quantitative estimate of drug-likeness (QED) is 0.386. The standard InChI is InChI=1S/C22H14F3NO5S/c1-14(27)30-17-10-16(22(23,24)25)11-18(12-17)31-21-8-7-20(9-15(21)13-26)32(28,29)19-5-3-2-4-6-19/h2-12H,1H3. The van der Waals surface area contributed by atoms with Crippen LogP contribution in [0.4, 0.5) is 13.2 Å². The molecule has 3 aromatic carbocycles. The molecule has 32 heavy (non-hydrogen) atoms. The van der Waals surface area contributed by atoms with Crippen molar-refractivity contribution in [3.05, 3.63) is 77.9 Å². The highest BCUT2D eigenvalue weighted by atomic mass is 32.2. The van der Waals surface area contributed by atoms with Gasteiger partial charge in [-0.25, -0.2) is 8.42 Å². The zero-order valence-corrected chi connectivity index (χ0v) is 17.2. The second-order valence-corrected chi connectivity index (χ2v) is 8.42. The first-order chi connectivity index (χ1) is 15.0. The fourth-order valence-electron chi connectivity index (χ4n) is 2.73. The van der Waals surface area contributed by atoms with E-state index in [9.17, 15) is 31.6 Å². The summed E-state index contributed by atoms with van der Waals surface area (Å²) in [4.78, 5) is 11.0. The second kappa shape index (κ2) is 8.72. The van der Waals surface area contributed by atoms with Crippen LogP contribution in [0, 0.1) is 11.3 Å². The highest BCUT2D eigenvalue weighted by Crippen LogP contribution is 2.37. The van der Waals surface area contributed by atoms with Crippen molar-refractivity contribution in [1.82, 2.24) is 0 Å². The number of rotatable bonds is 5. The van der Waals surface area contributed by atoms with Gasteiger partial charge in [-0.05, 0) is 42.5 Å². The fraction of sp³-hybridized carbons (Fsp3) is 0.0909. The number of nitriles is 1. The Morgan fingerprint density at radius 1 is 0.938 bits per heavy atom. The Hall–Kier alpha value is -3.84. The Morgan fingerprint density at radius 2 is 1.59 bits per heavy atom. The van der Waals surface area contributed by atoms with E-state index in [2.05, 4.69) is 0 Å². The summed E-state index contributed by atoms with van der Waals surface area (Å²) >= 11 is 0. The van der Waals surface area contributed by atoms with Crippen LogP contribution in [0.2, 0.25) is 0 Å². The summed E-state index contributed by atoms with van der Waals surface area (Å²) in [5.41, 5.74) is -1.35. The molecule has 0 aromatic heterocycles. The lowest BCUT2D eigenvalue weighted by Gasteiger charge is -2.14. The lowest BCUT2D eigenvalue weighted by molar-refractivity contribution is -0.138. The molecule has 0 unspecified atom stereocenters. The van der Waals surface area contributed by atoms with Crippen molar-refractivity contribution < 1.29 is 35.9 Å². The first-order valence-corrected chi connectivity index (χ1v) is 10.4. The number of benzene rings is 3. The van der Waals surface area contributed by atoms with Gasteiger partial charge in [0.2, 0.25) is 9.84 Å². The van der Waals surface area contributed by atoms with Crippen LogP contribution in [0.25, 0.3) is 0 Å². The van der Waals surface area contributed by atoms with Crippen molar-refractivity contribution in [3.63, 3.8) is 0 Å². The summed E-state index contributed by atoms with van der Waals surface area (Å²) in [7, 11) is -3.92. The van der Waals surface area contributed by atoms with E-state index in [-0.39, 0.29) is 26.9 Å². The average molecular weight is 461 g/mol. The van der Waals surface area contributed by atoms with Gasteiger partial charge in [0.15, 0.2) is 0 Å².